The van der Waals surface area contributed by atoms with Gasteiger partial charge in [0.2, 0.25) is 5.91 Å². The van der Waals surface area contributed by atoms with Crippen LogP contribution in [0.2, 0.25) is 0 Å². The summed E-state index contributed by atoms with van der Waals surface area (Å²) in [7, 11) is 0. The van der Waals surface area contributed by atoms with Crippen molar-refractivity contribution >= 4 is 17.8 Å². The van der Waals surface area contributed by atoms with Crippen LogP contribution in [-0.4, -0.2) is 57.6 Å². The molecule has 148 valence electrons. The fraction of sp³-hybridized carbons (Fsp3) is 0.550. The highest BCUT2D eigenvalue weighted by atomic mass is 16.4. The molecule has 1 aromatic carbocycles. The van der Waals surface area contributed by atoms with Crippen molar-refractivity contribution in [3.05, 3.63) is 35.9 Å². The summed E-state index contributed by atoms with van der Waals surface area (Å²) in [5, 5.41) is 21.9. The highest BCUT2D eigenvalue weighted by Gasteiger charge is 2.48. The first-order chi connectivity index (χ1) is 12.6. The van der Waals surface area contributed by atoms with E-state index in [9.17, 15) is 24.6 Å². The van der Waals surface area contributed by atoms with Crippen LogP contribution in [0.5, 0.6) is 0 Å². The second kappa shape index (κ2) is 8.52. The lowest BCUT2D eigenvalue weighted by atomic mass is 9.85. The van der Waals surface area contributed by atoms with Crippen molar-refractivity contribution in [1.29, 1.82) is 0 Å². The molecule has 0 radical (unpaired) electrons. The number of carboxylic acids is 2. The third-order valence-corrected chi connectivity index (χ3v) is 5.25. The Morgan fingerprint density at radius 3 is 2.41 bits per heavy atom. The van der Waals surface area contributed by atoms with Crippen LogP contribution in [0.3, 0.4) is 0 Å². The minimum atomic E-state index is -1.03. The first-order valence-electron chi connectivity index (χ1n) is 9.19. The summed E-state index contributed by atoms with van der Waals surface area (Å²) in [4.78, 5) is 37.4. The number of nitrogens with zero attached hydrogens (tertiary/aromatic N) is 1. The number of hydrogen-bond donors (Lipinski definition) is 3. The van der Waals surface area contributed by atoms with E-state index in [1.165, 1.54) is 4.90 Å². The van der Waals surface area contributed by atoms with Crippen molar-refractivity contribution in [2.45, 2.75) is 58.2 Å². The van der Waals surface area contributed by atoms with Gasteiger partial charge in [0.05, 0.1) is 6.04 Å². The van der Waals surface area contributed by atoms with Gasteiger partial charge in [0.25, 0.3) is 0 Å². The summed E-state index contributed by atoms with van der Waals surface area (Å²) < 4.78 is 0. The van der Waals surface area contributed by atoms with Gasteiger partial charge >= 0.3 is 11.9 Å². The van der Waals surface area contributed by atoms with Gasteiger partial charge in [0.1, 0.15) is 12.1 Å². The molecule has 1 aliphatic rings. The lowest BCUT2D eigenvalue weighted by Gasteiger charge is -2.31. The molecule has 0 aliphatic carbocycles. The molecule has 1 fully saturated rings. The molecule has 1 amide bonds. The van der Waals surface area contributed by atoms with E-state index in [0.29, 0.717) is 25.8 Å². The van der Waals surface area contributed by atoms with E-state index in [1.807, 2.05) is 44.2 Å². The molecule has 2 unspecified atom stereocenters. The third-order valence-electron chi connectivity index (χ3n) is 5.25. The highest BCUT2D eigenvalue weighted by molar-refractivity contribution is 5.88. The van der Waals surface area contributed by atoms with Crippen LogP contribution in [-0.2, 0) is 20.8 Å². The van der Waals surface area contributed by atoms with E-state index in [2.05, 4.69) is 5.32 Å². The van der Waals surface area contributed by atoms with Gasteiger partial charge in [-0.25, -0.2) is 4.79 Å². The SMILES string of the molecule is C[C@H](NC(CCc1ccccc1)C(=O)O)C(=O)N1CCC(C)(C)C1C(=O)O. The topological polar surface area (TPSA) is 107 Å². The number of benzene rings is 1. The lowest BCUT2D eigenvalue weighted by Crippen LogP contribution is -2.54. The van der Waals surface area contributed by atoms with Gasteiger partial charge in [0.15, 0.2) is 0 Å². The standard InChI is InChI=1S/C20H28N2O5/c1-13(17(23)22-12-11-20(2,3)16(22)19(26)27)21-15(18(24)25)10-9-14-7-5-4-6-8-14/h4-8,13,15-16,21H,9-12H2,1-3H3,(H,24,25)(H,26,27)/t13-,15?,16?/m0/s1. The van der Waals surface area contributed by atoms with Crippen molar-refractivity contribution in [3.63, 3.8) is 0 Å². The quantitative estimate of drug-likeness (QED) is 0.638. The maximum absolute atomic E-state index is 12.8. The summed E-state index contributed by atoms with van der Waals surface area (Å²) in [6.07, 6.45) is 1.50. The molecule has 7 nitrogen and oxygen atoms in total. The summed E-state index contributed by atoms with van der Waals surface area (Å²) in [5.41, 5.74) is 0.512. The van der Waals surface area contributed by atoms with Gasteiger partial charge in [-0.1, -0.05) is 44.2 Å². The zero-order chi connectivity index (χ0) is 20.2. The van der Waals surface area contributed by atoms with Gasteiger partial charge < -0.3 is 15.1 Å². The van der Waals surface area contributed by atoms with Crippen molar-refractivity contribution in [3.8, 4) is 0 Å². The van der Waals surface area contributed by atoms with Crippen LogP contribution in [0.1, 0.15) is 39.2 Å². The van der Waals surface area contributed by atoms with Crippen LogP contribution < -0.4 is 5.32 Å². The third kappa shape index (κ3) is 5.07. The Bertz CT molecular complexity index is 689. The number of hydrogen-bond acceptors (Lipinski definition) is 4. The average molecular weight is 376 g/mol. The van der Waals surface area contributed by atoms with Gasteiger partial charge in [-0.3, -0.25) is 14.9 Å². The minimum absolute atomic E-state index is 0.338. The Balaban J connectivity index is 2.02. The van der Waals surface area contributed by atoms with E-state index in [1.54, 1.807) is 6.92 Å². The van der Waals surface area contributed by atoms with Gasteiger partial charge in [-0.05, 0) is 37.2 Å². The smallest absolute Gasteiger partial charge is 0.326 e. The molecule has 0 aromatic heterocycles. The normalized spacial score (nSPS) is 20.9. The van der Waals surface area contributed by atoms with Crippen LogP contribution in [0.4, 0.5) is 0 Å². The van der Waals surface area contributed by atoms with Gasteiger partial charge in [0, 0.05) is 6.54 Å². The van der Waals surface area contributed by atoms with Gasteiger partial charge in [-0.15, -0.1) is 0 Å². The molecule has 1 aromatic rings. The lowest BCUT2D eigenvalue weighted by molar-refractivity contribution is -0.152. The number of likely N-dealkylation sites (tertiary alicyclic amines) is 1. The number of aliphatic carboxylic acids is 2. The number of aryl methyl sites for hydroxylation is 1. The van der Waals surface area contributed by atoms with Crippen LogP contribution in [0, 0.1) is 5.41 Å². The van der Waals surface area contributed by atoms with Gasteiger partial charge in [-0.2, -0.15) is 0 Å². The molecule has 0 saturated carbocycles. The monoisotopic (exact) mass is 376 g/mol. The van der Waals surface area contributed by atoms with Crippen LogP contribution >= 0.6 is 0 Å². The molecule has 1 saturated heterocycles. The number of rotatable bonds is 8. The molecule has 0 bridgehead atoms. The summed E-state index contributed by atoms with van der Waals surface area (Å²) in [6, 6.07) is 6.97. The van der Waals surface area contributed by atoms with E-state index in [4.69, 9.17) is 0 Å². The largest absolute Gasteiger partial charge is 0.480 e. The first kappa shape index (κ1) is 20.9. The zero-order valence-electron chi connectivity index (χ0n) is 16.0. The number of nitrogens with one attached hydrogen (secondary N) is 1. The number of amides is 1. The summed E-state index contributed by atoms with van der Waals surface area (Å²) in [5.74, 6) is -2.43. The molecule has 3 N–H and O–H groups in total. The molecule has 7 heteroatoms. The Kier molecular flexibility index (Phi) is 6.59. The molecule has 1 heterocycles. The fourth-order valence-electron chi connectivity index (χ4n) is 3.66. The Hall–Kier alpha value is -2.41. The molecule has 0 spiro atoms. The number of carbonyl (C=O) groups excluding carboxylic acids is 1. The van der Waals surface area contributed by atoms with E-state index in [-0.39, 0.29) is 5.91 Å². The Morgan fingerprint density at radius 1 is 1.22 bits per heavy atom. The highest BCUT2D eigenvalue weighted by Crippen LogP contribution is 2.36. The number of carbonyl (C=O) groups is 3. The Labute approximate surface area is 159 Å². The maximum Gasteiger partial charge on any atom is 0.326 e. The zero-order valence-corrected chi connectivity index (χ0v) is 16.0. The predicted molar refractivity (Wildman–Crippen MR) is 100 cm³/mol. The number of carboxylic acid groups (broad SMARTS) is 2. The van der Waals surface area contributed by atoms with Crippen LogP contribution in [0.25, 0.3) is 0 Å². The van der Waals surface area contributed by atoms with E-state index >= 15 is 0 Å². The van der Waals surface area contributed by atoms with Crippen molar-refractivity contribution in [2.24, 2.45) is 5.41 Å². The fourth-order valence-corrected chi connectivity index (χ4v) is 3.66. The van der Waals surface area contributed by atoms with E-state index in [0.717, 1.165) is 5.56 Å². The van der Waals surface area contributed by atoms with Crippen molar-refractivity contribution in [1.82, 2.24) is 10.2 Å². The van der Waals surface area contributed by atoms with Crippen molar-refractivity contribution in [2.75, 3.05) is 6.54 Å². The predicted octanol–water partition coefficient (Wildman–Crippen LogP) is 1.76. The maximum atomic E-state index is 12.8. The second-order valence-electron chi connectivity index (χ2n) is 7.81. The summed E-state index contributed by atoms with van der Waals surface area (Å²) >= 11 is 0. The van der Waals surface area contributed by atoms with E-state index < -0.39 is 35.5 Å². The molecular formula is C20H28N2O5. The summed E-state index contributed by atoms with van der Waals surface area (Å²) in [6.45, 7) is 5.61. The molecule has 2 rings (SSSR count). The minimum Gasteiger partial charge on any atom is -0.480 e. The molecule has 3 atom stereocenters. The molecule has 27 heavy (non-hydrogen) atoms. The second-order valence-corrected chi connectivity index (χ2v) is 7.81. The average Bonchev–Trinajstić information content (AvgIpc) is 2.93. The molecule has 1 aliphatic heterocycles. The van der Waals surface area contributed by atoms with Crippen molar-refractivity contribution < 1.29 is 24.6 Å². The molecular weight excluding hydrogens is 348 g/mol. The van der Waals surface area contributed by atoms with Crippen LogP contribution in [0.15, 0.2) is 30.3 Å². The Morgan fingerprint density at radius 2 is 1.85 bits per heavy atom. The first-order valence-corrected chi connectivity index (χ1v) is 9.19.